The normalized spacial score (nSPS) is 10.1. The lowest BCUT2D eigenvalue weighted by molar-refractivity contribution is 1.21. The molecule has 1 aromatic heterocycles. The van der Waals surface area contributed by atoms with Crippen LogP contribution in [0, 0.1) is 6.92 Å². The fraction of sp³-hybridized carbons (Fsp3) is 0.0769. The third-order valence-electron chi connectivity index (χ3n) is 2.25. The summed E-state index contributed by atoms with van der Waals surface area (Å²) >= 11 is 17.0. The molecule has 3 nitrogen and oxygen atoms in total. The van der Waals surface area contributed by atoms with Crippen LogP contribution in [-0.4, -0.2) is 10.1 Å². The highest BCUT2D eigenvalue weighted by Gasteiger charge is 2.02. The van der Waals surface area contributed by atoms with Crippen LogP contribution in [0.25, 0.3) is 0 Å². The Morgan fingerprint density at radius 3 is 2.42 bits per heavy atom. The fourth-order valence-electron chi connectivity index (χ4n) is 1.52. The van der Waals surface area contributed by atoms with Crippen molar-refractivity contribution in [2.45, 2.75) is 6.92 Å². The van der Waals surface area contributed by atoms with Gasteiger partial charge in [-0.25, -0.2) is 4.98 Å². The average Bonchev–Trinajstić information content (AvgIpc) is 2.26. The number of aromatic nitrogens is 1. The first-order valence-corrected chi connectivity index (χ1v) is 6.67. The van der Waals surface area contributed by atoms with E-state index in [2.05, 4.69) is 15.6 Å². The van der Waals surface area contributed by atoms with Crippen LogP contribution in [0.4, 0.5) is 11.5 Å². The Morgan fingerprint density at radius 2 is 1.79 bits per heavy atom. The van der Waals surface area contributed by atoms with Crippen LogP contribution in [0.3, 0.4) is 0 Å². The Morgan fingerprint density at radius 1 is 1.11 bits per heavy atom. The number of thiocarbonyl (C=S) groups is 1. The van der Waals surface area contributed by atoms with Crippen molar-refractivity contribution in [1.82, 2.24) is 4.98 Å². The first-order valence-electron chi connectivity index (χ1n) is 5.51. The summed E-state index contributed by atoms with van der Waals surface area (Å²) in [6, 6.07) is 10.8. The summed E-state index contributed by atoms with van der Waals surface area (Å²) < 4.78 is 0. The Bertz CT molecular complexity index is 596. The van der Waals surface area contributed by atoms with Gasteiger partial charge in [-0.2, -0.15) is 0 Å². The Kier molecular flexibility index (Phi) is 4.58. The lowest BCUT2D eigenvalue weighted by Crippen LogP contribution is -2.19. The molecule has 0 saturated carbocycles. The number of nitrogens with zero attached hydrogens (tertiary/aromatic N) is 1. The standard InChI is InChI=1S/C13H11Cl2N3S/c1-8-3-2-4-12(16-8)18-13(19)17-11-6-9(14)5-10(15)7-11/h2-7H,1H3,(H2,16,17,18,19). The largest absolute Gasteiger partial charge is 0.332 e. The first-order chi connectivity index (χ1) is 9.02. The van der Waals surface area contributed by atoms with E-state index in [4.69, 9.17) is 35.4 Å². The first kappa shape index (κ1) is 14.1. The van der Waals surface area contributed by atoms with E-state index in [0.29, 0.717) is 21.0 Å². The second-order valence-electron chi connectivity index (χ2n) is 3.90. The van der Waals surface area contributed by atoms with Gasteiger partial charge in [-0.05, 0) is 49.5 Å². The van der Waals surface area contributed by atoms with Gasteiger partial charge in [-0.1, -0.05) is 29.3 Å². The molecule has 98 valence electrons. The van der Waals surface area contributed by atoms with Crippen molar-refractivity contribution in [3.8, 4) is 0 Å². The minimum atomic E-state index is 0.427. The van der Waals surface area contributed by atoms with Gasteiger partial charge < -0.3 is 10.6 Å². The minimum Gasteiger partial charge on any atom is -0.332 e. The molecule has 0 atom stereocenters. The van der Waals surface area contributed by atoms with Crippen LogP contribution in [0.2, 0.25) is 10.0 Å². The van der Waals surface area contributed by atoms with Crippen molar-refractivity contribution >= 4 is 52.0 Å². The van der Waals surface area contributed by atoms with Crippen LogP contribution in [0.1, 0.15) is 5.69 Å². The number of benzene rings is 1. The van der Waals surface area contributed by atoms with Gasteiger partial charge in [0.15, 0.2) is 5.11 Å². The van der Waals surface area contributed by atoms with Gasteiger partial charge in [0.25, 0.3) is 0 Å². The molecule has 0 bridgehead atoms. The van der Waals surface area contributed by atoms with E-state index < -0.39 is 0 Å². The average molecular weight is 312 g/mol. The van der Waals surface area contributed by atoms with Crippen molar-refractivity contribution in [2.75, 3.05) is 10.6 Å². The van der Waals surface area contributed by atoms with Crippen molar-refractivity contribution < 1.29 is 0 Å². The maximum atomic E-state index is 5.91. The monoisotopic (exact) mass is 311 g/mol. The summed E-state index contributed by atoms with van der Waals surface area (Å²) in [4.78, 5) is 4.30. The van der Waals surface area contributed by atoms with Crippen molar-refractivity contribution in [3.63, 3.8) is 0 Å². The zero-order chi connectivity index (χ0) is 13.8. The van der Waals surface area contributed by atoms with E-state index in [1.165, 1.54) is 0 Å². The zero-order valence-corrected chi connectivity index (χ0v) is 12.4. The van der Waals surface area contributed by atoms with Crippen molar-refractivity contribution in [2.24, 2.45) is 0 Å². The van der Waals surface area contributed by atoms with E-state index in [9.17, 15) is 0 Å². The number of hydrogen-bond acceptors (Lipinski definition) is 2. The number of aryl methyl sites for hydroxylation is 1. The number of rotatable bonds is 2. The second-order valence-corrected chi connectivity index (χ2v) is 5.18. The van der Waals surface area contributed by atoms with Crippen LogP contribution < -0.4 is 10.6 Å². The summed E-state index contributed by atoms with van der Waals surface area (Å²) in [6.07, 6.45) is 0. The Labute approximate surface area is 127 Å². The highest BCUT2D eigenvalue weighted by molar-refractivity contribution is 7.80. The molecule has 2 aromatic rings. The maximum absolute atomic E-state index is 5.91. The van der Waals surface area contributed by atoms with Crippen LogP contribution in [0.15, 0.2) is 36.4 Å². The predicted molar refractivity (Wildman–Crippen MR) is 85.3 cm³/mol. The third kappa shape index (κ3) is 4.35. The highest BCUT2D eigenvalue weighted by atomic mass is 35.5. The molecule has 0 fully saturated rings. The Balaban J connectivity index is 2.05. The number of anilines is 2. The summed E-state index contributed by atoms with van der Waals surface area (Å²) in [5.41, 5.74) is 1.64. The molecular formula is C13H11Cl2N3S. The van der Waals surface area contributed by atoms with Gasteiger partial charge in [0.2, 0.25) is 0 Å². The zero-order valence-electron chi connectivity index (χ0n) is 10.1. The van der Waals surface area contributed by atoms with E-state index in [0.717, 1.165) is 11.4 Å². The molecule has 1 heterocycles. The molecule has 1 aromatic carbocycles. The quantitative estimate of drug-likeness (QED) is 0.800. The summed E-state index contributed by atoms with van der Waals surface area (Å²) in [5.74, 6) is 0.686. The molecule has 0 radical (unpaired) electrons. The predicted octanol–water partition coefficient (Wildman–Crippen LogP) is 4.51. The second kappa shape index (κ2) is 6.19. The summed E-state index contributed by atoms with van der Waals surface area (Å²) in [7, 11) is 0. The molecule has 0 aliphatic rings. The van der Waals surface area contributed by atoms with Crippen molar-refractivity contribution in [1.29, 1.82) is 0 Å². The number of nitrogens with one attached hydrogen (secondary N) is 2. The van der Waals surface area contributed by atoms with E-state index in [1.54, 1.807) is 18.2 Å². The minimum absolute atomic E-state index is 0.427. The number of hydrogen-bond donors (Lipinski definition) is 2. The lowest BCUT2D eigenvalue weighted by atomic mass is 10.3. The molecule has 6 heteroatoms. The van der Waals surface area contributed by atoms with Crippen LogP contribution in [0.5, 0.6) is 0 Å². The van der Waals surface area contributed by atoms with Gasteiger partial charge >= 0.3 is 0 Å². The third-order valence-corrected chi connectivity index (χ3v) is 2.89. The Hall–Kier alpha value is -1.36. The molecule has 2 N–H and O–H groups in total. The van der Waals surface area contributed by atoms with Gasteiger partial charge in [0, 0.05) is 21.4 Å². The fourth-order valence-corrected chi connectivity index (χ4v) is 2.27. The molecule has 2 rings (SSSR count). The molecule has 0 amide bonds. The van der Waals surface area contributed by atoms with Crippen LogP contribution in [-0.2, 0) is 0 Å². The van der Waals surface area contributed by atoms with Gasteiger partial charge in [0.05, 0.1) is 0 Å². The van der Waals surface area contributed by atoms with E-state index >= 15 is 0 Å². The van der Waals surface area contributed by atoms with Crippen molar-refractivity contribution in [3.05, 3.63) is 52.1 Å². The lowest BCUT2D eigenvalue weighted by Gasteiger charge is -2.10. The molecule has 0 aliphatic carbocycles. The van der Waals surface area contributed by atoms with Gasteiger partial charge in [0.1, 0.15) is 5.82 Å². The maximum Gasteiger partial charge on any atom is 0.176 e. The van der Waals surface area contributed by atoms with Gasteiger partial charge in [-0.15, -0.1) is 0 Å². The molecule has 0 saturated heterocycles. The number of halogens is 2. The van der Waals surface area contributed by atoms with Crippen LogP contribution >= 0.6 is 35.4 Å². The highest BCUT2D eigenvalue weighted by Crippen LogP contribution is 2.22. The molecule has 19 heavy (non-hydrogen) atoms. The topological polar surface area (TPSA) is 37.0 Å². The number of pyridine rings is 1. The van der Waals surface area contributed by atoms with E-state index in [1.807, 2.05) is 25.1 Å². The molecule has 0 unspecified atom stereocenters. The smallest absolute Gasteiger partial charge is 0.176 e. The van der Waals surface area contributed by atoms with E-state index in [-0.39, 0.29) is 0 Å². The molecular weight excluding hydrogens is 301 g/mol. The van der Waals surface area contributed by atoms with Gasteiger partial charge in [-0.3, -0.25) is 0 Å². The summed E-state index contributed by atoms with van der Waals surface area (Å²) in [5, 5.41) is 7.52. The summed E-state index contributed by atoms with van der Waals surface area (Å²) in [6.45, 7) is 1.92. The molecule has 0 aliphatic heterocycles. The SMILES string of the molecule is Cc1cccc(NC(=S)Nc2cc(Cl)cc(Cl)c2)n1. The molecule has 0 spiro atoms.